The summed E-state index contributed by atoms with van der Waals surface area (Å²) in [5.74, 6) is -0.592. The molecular weight excluding hydrogens is 266 g/mol. The fourth-order valence-corrected chi connectivity index (χ4v) is 2.18. The van der Waals surface area contributed by atoms with Gasteiger partial charge in [-0.1, -0.05) is 6.07 Å². The van der Waals surface area contributed by atoms with Gasteiger partial charge in [0.1, 0.15) is 11.7 Å². The van der Waals surface area contributed by atoms with Gasteiger partial charge in [0.05, 0.1) is 24.7 Å². The molecule has 1 unspecified atom stereocenters. The Morgan fingerprint density at radius 3 is 2.95 bits per heavy atom. The van der Waals surface area contributed by atoms with E-state index in [0.717, 1.165) is 0 Å². The number of hydrogen-bond donors (Lipinski definition) is 2. The molecule has 1 aromatic rings. The largest absolute Gasteiger partial charge is 0.392 e. The minimum absolute atomic E-state index is 0.105. The second kappa shape index (κ2) is 5.85. The number of amides is 1. The van der Waals surface area contributed by atoms with Crippen LogP contribution in [0.3, 0.4) is 0 Å². The van der Waals surface area contributed by atoms with E-state index in [9.17, 15) is 14.9 Å². The van der Waals surface area contributed by atoms with E-state index in [1.54, 1.807) is 11.0 Å². The molecule has 0 aliphatic carbocycles. The van der Waals surface area contributed by atoms with Crippen LogP contribution < -0.4 is 10.6 Å². The Morgan fingerprint density at radius 2 is 2.35 bits per heavy atom. The Labute approximate surface area is 114 Å². The van der Waals surface area contributed by atoms with Crippen LogP contribution >= 0.6 is 0 Å². The molecule has 0 bridgehead atoms. The van der Waals surface area contributed by atoms with Gasteiger partial charge < -0.3 is 20.5 Å². The molecule has 3 N–H and O–H groups in total. The van der Waals surface area contributed by atoms with Gasteiger partial charge in [0.25, 0.3) is 5.69 Å². The SMILES string of the molecule is NC(=O)C1COCCN1c1ccc(CO)cc1[N+](=O)[O-]. The van der Waals surface area contributed by atoms with Crippen molar-refractivity contribution >= 4 is 17.3 Å². The molecule has 1 fully saturated rings. The average Bonchev–Trinajstić information content (AvgIpc) is 2.46. The maximum Gasteiger partial charge on any atom is 0.292 e. The molecule has 8 nitrogen and oxygen atoms in total. The average molecular weight is 281 g/mol. The van der Waals surface area contributed by atoms with E-state index in [4.69, 9.17) is 15.6 Å². The normalized spacial score (nSPS) is 18.9. The summed E-state index contributed by atoms with van der Waals surface area (Å²) in [5.41, 5.74) is 5.88. The molecule has 2 rings (SSSR count). The molecular formula is C12H15N3O5. The Hall–Kier alpha value is -2.19. The number of carbonyl (C=O) groups is 1. The van der Waals surface area contributed by atoms with E-state index in [0.29, 0.717) is 24.4 Å². The first-order valence-corrected chi connectivity index (χ1v) is 6.06. The van der Waals surface area contributed by atoms with Crippen LogP contribution in [0.2, 0.25) is 0 Å². The number of hydrogen-bond acceptors (Lipinski definition) is 6. The number of nitrogens with two attached hydrogens (primary N) is 1. The predicted molar refractivity (Wildman–Crippen MR) is 70.2 cm³/mol. The van der Waals surface area contributed by atoms with Crippen LogP contribution in [-0.4, -0.2) is 41.7 Å². The van der Waals surface area contributed by atoms with E-state index in [1.165, 1.54) is 12.1 Å². The number of anilines is 1. The van der Waals surface area contributed by atoms with Crippen LogP contribution in [0.1, 0.15) is 5.56 Å². The number of carbonyl (C=O) groups excluding carboxylic acids is 1. The van der Waals surface area contributed by atoms with Gasteiger partial charge in [-0.05, 0) is 11.6 Å². The van der Waals surface area contributed by atoms with Crippen molar-refractivity contribution in [2.24, 2.45) is 5.73 Å². The molecule has 1 aliphatic heterocycles. The van der Waals surface area contributed by atoms with Crippen molar-refractivity contribution in [1.29, 1.82) is 0 Å². The minimum atomic E-state index is -0.734. The van der Waals surface area contributed by atoms with Crippen LogP contribution in [0.5, 0.6) is 0 Å². The number of aliphatic hydroxyl groups is 1. The van der Waals surface area contributed by atoms with Crippen molar-refractivity contribution in [1.82, 2.24) is 0 Å². The molecule has 0 radical (unpaired) electrons. The molecule has 0 aromatic heterocycles. The van der Waals surface area contributed by atoms with E-state index in [1.807, 2.05) is 0 Å². The first-order valence-electron chi connectivity index (χ1n) is 6.06. The van der Waals surface area contributed by atoms with E-state index in [2.05, 4.69) is 0 Å². The summed E-state index contributed by atoms with van der Waals surface area (Å²) in [6, 6.07) is 3.66. The van der Waals surface area contributed by atoms with Gasteiger partial charge in [-0.3, -0.25) is 14.9 Å². The number of primary amides is 1. The minimum Gasteiger partial charge on any atom is -0.392 e. The lowest BCUT2D eigenvalue weighted by atomic mass is 10.1. The Kier molecular flexibility index (Phi) is 4.16. The van der Waals surface area contributed by atoms with Crippen molar-refractivity contribution in [3.8, 4) is 0 Å². The number of ether oxygens (including phenoxy) is 1. The number of nitro groups is 1. The van der Waals surface area contributed by atoms with Crippen LogP contribution in [0.4, 0.5) is 11.4 Å². The van der Waals surface area contributed by atoms with Crippen LogP contribution in [0.15, 0.2) is 18.2 Å². The summed E-state index contributed by atoms with van der Waals surface area (Å²) < 4.78 is 5.19. The van der Waals surface area contributed by atoms with E-state index in [-0.39, 0.29) is 18.9 Å². The van der Waals surface area contributed by atoms with Gasteiger partial charge in [-0.15, -0.1) is 0 Å². The highest BCUT2D eigenvalue weighted by Crippen LogP contribution is 2.31. The standard InChI is InChI=1S/C12H15N3O5/c13-12(17)11-7-20-4-3-14(11)9-2-1-8(6-16)5-10(9)15(18)19/h1-2,5,11,16H,3-4,6-7H2,(H2,13,17). The Balaban J connectivity index is 2.44. The lowest BCUT2D eigenvalue weighted by molar-refractivity contribution is -0.384. The summed E-state index contributed by atoms with van der Waals surface area (Å²) in [5, 5.41) is 20.2. The lowest BCUT2D eigenvalue weighted by Crippen LogP contribution is -2.52. The van der Waals surface area contributed by atoms with Gasteiger partial charge in [0.2, 0.25) is 5.91 Å². The van der Waals surface area contributed by atoms with Crippen molar-refractivity contribution in [3.05, 3.63) is 33.9 Å². The maximum atomic E-state index is 11.4. The highest BCUT2D eigenvalue weighted by Gasteiger charge is 2.32. The zero-order valence-electron chi connectivity index (χ0n) is 10.7. The zero-order valence-corrected chi connectivity index (χ0v) is 10.7. The molecule has 1 aromatic carbocycles. The molecule has 0 saturated carbocycles. The number of nitrogens with zero attached hydrogens (tertiary/aromatic N) is 2. The van der Waals surface area contributed by atoms with Gasteiger partial charge in [0, 0.05) is 12.6 Å². The van der Waals surface area contributed by atoms with Crippen LogP contribution in [-0.2, 0) is 16.1 Å². The van der Waals surface area contributed by atoms with Crippen molar-refractivity contribution in [2.75, 3.05) is 24.7 Å². The predicted octanol–water partition coefficient (Wildman–Crippen LogP) is -0.222. The smallest absolute Gasteiger partial charge is 0.292 e. The summed E-state index contributed by atoms with van der Waals surface area (Å²) >= 11 is 0. The molecule has 8 heteroatoms. The topological polar surface area (TPSA) is 119 Å². The number of morpholine rings is 1. The second-order valence-electron chi connectivity index (χ2n) is 4.42. The van der Waals surface area contributed by atoms with Gasteiger partial charge in [-0.25, -0.2) is 0 Å². The molecule has 20 heavy (non-hydrogen) atoms. The lowest BCUT2D eigenvalue weighted by Gasteiger charge is -2.35. The summed E-state index contributed by atoms with van der Waals surface area (Å²) in [6.45, 7) is 0.521. The maximum absolute atomic E-state index is 11.4. The van der Waals surface area contributed by atoms with Crippen molar-refractivity contribution in [2.45, 2.75) is 12.6 Å². The van der Waals surface area contributed by atoms with Crippen molar-refractivity contribution in [3.63, 3.8) is 0 Å². The quantitative estimate of drug-likeness (QED) is 0.581. The Bertz CT molecular complexity index is 534. The monoisotopic (exact) mass is 281 g/mol. The molecule has 1 heterocycles. The van der Waals surface area contributed by atoms with Crippen molar-refractivity contribution < 1.29 is 19.6 Å². The fourth-order valence-electron chi connectivity index (χ4n) is 2.18. The molecule has 1 amide bonds. The zero-order chi connectivity index (χ0) is 14.7. The van der Waals surface area contributed by atoms with Crippen LogP contribution in [0.25, 0.3) is 0 Å². The van der Waals surface area contributed by atoms with Gasteiger partial charge >= 0.3 is 0 Å². The van der Waals surface area contributed by atoms with E-state index >= 15 is 0 Å². The number of benzene rings is 1. The third kappa shape index (κ3) is 2.70. The number of nitro benzene ring substituents is 1. The number of rotatable bonds is 4. The van der Waals surface area contributed by atoms with Gasteiger partial charge in [0.15, 0.2) is 0 Å². The molecule has 1 atom stereocenters. The molecule has 1 saturated heterocycles. The molecule has 108 valence electrons. The summed E-state index contributed by atoms with van der Waals surface area (Å²) in [7, 11) is 0. The Morgan fingerprint density at radius 1 is 1.60 bits per heavy atom. The third-order valence-corrected chi connectivity index (χ3v) is 3.19. The first kappa shape index (κ1) is 14.2. The highest BCUT2D eigenvalue weighted by atomic mass is 16.6. The van der Waals surface area contributed by atoms with Crippen LogP contribution in [0, 0.1) is 10.1 Å². The second-order valence-corrected chi connectivity index (χ2v) is 4.42. The summed E-state index contributed by atoms with van der Waals surface area (Å²) in [6.07, 6.45) is 0. The molecule has 0 spiro atoms. The fraction of sp³-hybridized carbons (Fsp3) is 0.417. The van der Waals surface area contributed by atoms with Gasteiger partial charge in [-0.2, -0.15) is 0 Å². The summed E-state index contributed by atoms with van der Waals surface area (Å²) in [4.78, 5) is 23.6. The number of aliphatic hydroxyl groups excluding tert-OH is 1. The highest BCUT2D eigenvalue weighted by molar-refractivity contribution is 5.85. The third-order valence-electron chi connectivity index (χ3n) is 3.19. The van der Waals surface area contributed by atoms with E-state index < -0.39 is 16.9 Å². The first-order chi connectivity index (χ1) is 9.54. The molecule has 1 aliphatic rings.